The van der Waals surface area contributed by atoms with Crippen molar-refractivity contribution in [2.75, 3.05) is 0 Å². The zero-order valence-corrected chi connectivity index (χ0v) is 11.8. The van der Waals surface area contributed by atoms with Crippen LogP contribution in [0.2, 0.25) is 0 Å². The van der Waals surface area contributed by atoms with Crippen LogP contribution in [0.15, 0.2) is 0 Å². The molecule has 0 spiro atoms. The summed E-state index contributed by atoms with van der Waals surface area (Å²) in [5.74, 6) is -1.22. The lowest BCUT2D eigenvalue weighted by atomic mass is 9.76. The molecule has 0 bridgehead atoms. The van der Waals surface area contributed by atoms with Gasteiger partial charge in [0.25, 0.3) is 0 Å². The van der Waals surface area contributed by atoms with Crippen LogP contribution in [-0.4, -0.2) is 17.8 Å². The standard InChI is InChI=1S/C15H23F3N2/c16-15(17,18)12-7-9-14(11-19,10-8-12)20-13-5-3-1-2-4-6-13/h12-13,20H,1-10H2. The third-order valence-electron chi connectivity index (χ3n) is 4.85. The normalized spacial score (nSPS) is 33.4. The summed E-state index contributed by atoms with van der Waals surface area (Å²) < 4.78 is 38.1. The van der Waals surface area contributed by atoms with Crippen LogP contribution in [0.4, 0.5) is 13.2 Å². The predicted octanol–water partition coefficient (Wildman–Crippen LogP) is 4.31. The van der Waals surface area contributed by atoms with Crippen molar-refractivity contribution >= 4 is 0 Å². The summed E-state index contributed by atoms with van der Waals surface area (Å²) in [6.45, 7) is 0. The fourth-order valence-corrected chi connectivity index (χ4v) is 3.54. The van der Waals surface area contributed by atoms with E-state index in [-0.39, 0.29) is 12.8 Å². The topological polar surface area (TPSA) is 35.8 Å². The lowest BCUT2D eigenvalue weighted by molar-refractivity contribution is -0.184. The van der Waals surface area contributed by atoms with Crippen molar-refractivity contribution in [1.29, 1.82) is 5.26 Å². The van der Waals surface area contributed by atoms with Gasteiger partial charge in [-0.1, -0.05) is 25.7 Å². The van der Waals surface area contributed by atoms with E-state index >= 15 is 0 Å². The highest BCUT2D eigenvalue weighted by Crippen LogP contribution is 2.41. The van der Waals surface area contributed by atoms with Gasteiger partial charge in [0.2, 0.25) is 0 Å². The highest BCUT2D eigenvalue weighted by Gasteiger charge is 2.46. The van der Waals surface area contributed by atoms with Gasteiger partial charge in [0, 0.05) is 6.04 Å². The number of hydrogen-bond donors (Lipinski definition) is 1. The van der Waals surface area contributed by atoms with Gasteiger partial charge in [-0.25, -0.2) is 0 Å². The van der Waals surface area contributed by atoms with Gasteiger partial charge < -0.3 is 0 Å². The van der Waals surface area contributed by atoms with Crippen LogP contribution in [-0.2, 0) is 0 Å². The summed E-state index contributed by atoms with van der Waals surface area (Å²) >= 11 is 0. The van der Waals surface area contributed by atoms with E-state index < -0.39 is 17.6 Å². The molecule has 0 unspecified atom stereocenters. The molecule has 2 aliphatic rings. The first-order chi connectivity index (χ1) is 9.45. The Kier molecular flexibility index (Phi) is 4.95. The van der Waals surface area contributed by atoms with Crippen molar-refractivity contribution in [2.45, 2.75) is 82.0 Å². The van der Waals surface area contributed by atoms with Gasteiger partial charge in [-0.05, 0) is 38.5 Å². The number of alkyl halides is 3. The van der Waals surface area contributed by atoms with Gasteiger partial charge >= 0.3 is 6.18 Å². The fourth-order valence-electron chi connectivity index (χ4n) is 3.54. The van der Waals surface area contributed by atoms with E-state index in [1.54, 1.807) is 0 Å². The van der Waals surface area contributed by atoms with E-state index in [0.717, 1.165) is 25.7 Å². The Hall–Kier alpha value is -0.760. The Morgan fingerprint density at radius 2 is 1.50 bits per heavy atom. The molecule has 0 aromatic rings. The van der Waals surface area contributed by atoms with Gasteiger partial charge in [-0.2, -0.15) is 18.4 Å². The number of hydrogen-bond acceptors (Lipinski definition) is 2. The molecule has 114 valence electrons. The molecule has 20 heavy (non-hydrogen) atoms. The Bertz CT molecular complexity index is 343. The molecular formula is C15H23F3N2. The summed E-state index contributed by atoms with van der Waals surface area (Å²) in [5.41, 5.74) is -0.725. The molecule has 0 aromatic heterocycles. The molecule has 2 nitrogen and oxygen atoms in total. The monoisotopic (exact) mass is 288 g/mol. The number of nitrogens with zero attached hydrogens (tertiary/aromatic N) is 1. The van der Waals surface area contributed by atoms with Crippen LogP contribution >= 0.6 is 0 Å². The molecular weight excluding hydrogens is 265 g/mol. The van der Waals surface area contributed by atoms with Crippen LogP contribution in [0.5, 0.6) is 0 Å². The van der Waals surface area contributed by atoms with Crippen molar-refractivity contribution in [3.05, 3.63) is 0 Å². The second kappa shape index (κ2) is 6.34. The summed E-state index contributed by atoms with van der Waals surface area (Å²) in [7, 11) is 0. The minimum atomic E-state index is -4.11. The van der Waals surface area contributed by atoms with E-state index in [0.29, 0.717) is 18.9 Å². The molecule has 0 amide bonds. The number of rotatable bonds is 2. The highest BCUT2D eigenvalue weighted by molar-refractivity contribution is 5.10. The molecule has 0 aromatic carbocycles. The molecule has 1 N–H and O–H groups in total. The van der Waals surface area contributed by atoms with E-state index in [1.165, 1.54) is 12.8 Å². The SMILES string of the molecule is N#CC1(NC2CCCCCC2)CCC(C(F)(F)F)CC1. The second-order valence-corrected chi connectivity index (χ2v) is 6.34. The zero-order chi connectivity index (χ0) is 14.6. The van der Waals surface area contributed by atoms with Crippen LogP contribution < -0.4 is 5.32 Å². The fraction of sp³-hybridized carbons (Fsp3) is 0.933. The Balaban J connectivity index is 1.93. The zero-order valence-electron chi connectivity index (χ0n) is 11.8. The molecule has 0 aliphatic heterocycles. The van der Waals surface area contributed by atoms with E-state index in [2.05, 4.69) is 11.4 Å². The first-order valence-electron chi connectivity index (χ1n) is 7.71. The molecule has 2 rings (SSSR count). The maximum absolute atomic E-state index is 12.7. The largest absolute Gasteiger partial charge is 0.391 e. The van der Waals surface area contributed by atoms with Crippen molar-refractivity contribution < 1.29 is 13.2 Å². The second-order valence-electron chi connectivity index (χ2n) is 6.34. The van der Waals surface area contributed by atoms with Crippen molar-refractivity contribution in [3.8, 4) is 6.07 Å². The van der Waals surface area contributed by atoms with Gasteiger partial charge in [-0.3, -0.25) is 5.32 Å². The third kappa shape index (κ3) is 3.88. The van der Waals surface area contributed by atoms with Crippen molar-refractivity contribution in [2.24, 2.45) is 5.92 Å². The number of nitrogens with one attached hydrogen (secondary N) is 1. The Labute approximate surface area is 118 Å². The number of halogens is 3. The maximum Gasteiger partial charge on any atom is 0.391 e. The molecule has 5 heteroatoms. The molecule has 0 heterocycles. The molecule has 0 saturated heterocycles. The summed E-state index contributed by atoms with van der Waals surface area (Å²) in [5, 5.41) is 12.8. The highest BCUT2D eigenvalue weighted by atomic mass is 19.4. The molecule has 2 aliphatic carbocycles. The van der Waals surface area contributed by atoms with Gasteiger partial charge in [0.15, 0.2) is 0 Å². The quantitative estimate of drug-likeness (QED) is 0.768. The van der Waals surface area contributed by atoms with Crippen molar-refractivity contribution in [3.63, 3.8) is 0 Å². The molecule has 0 radical (unpaired) electrons. The molecule has 0 atom stereocenters. The molecule has 2 saturated carbocycles. The van der Waals surface area contributed by atoms with Crippen LogP contribution in [0, 0.1) is 17.2 Å². The maximum atomic E-state index is 12.7. The summed E-state index contributed by atoms with van der Waals surface area (Å²) in [4.78, 5) is 0. The first kappa shape index (κ1) is 15.6. The summed E-state index contributed by atoms with van der Waals surface area (Å²) in [6, 6.07) is 2.58. The van der Waals surface area contributed by atoms with Gasteiger partial charge in [0.05, 0.1) is 12.0 Å². The van der Waals surface area contributed by atoms with E-state index in [4.69, 9.17) is 0 Å². The Morgan fingerprint density at radius 3 is 1.95 bits per heavy atom. The van der Waals surface area contributed by atoms with Crippen LogP contribution in [0.1, 0.15) is 64.2 Å². The lowest BCUT2D eigenvalue weighted by Crippen LogP contribution is -2.52. The number of nitriles is 1. The van der Waals surface area contributed by atoms with Gasteiger partial charge in [0.1, 0.15) is 5.54 Å². The third-order valence-corrected chi connectivity index (χ3v) is 4.85. The average Bonchev–Trinajstić information content (AvgIpc) is 2.67. The smallest absolute Gasteiger partial charge is 0.297 e. The lowest BCUT2D eigenvalue weighted by Gasteiger charge is -2.38. The first-order valence-corrected chi connectivity index (χ1v) is 7.71. The van der Waals surface area contributed by atoms with Crippen molar-refractivity contribution in [1.82, 2.24) is 5.32 Å². The predicted molar refractivity (Wildman–Crippen MR) is 71.0 cm³/mol. The minimum absolute atomic E-state index is 0.0801. The Morgan fingerprint density at radius 1 is 0.950 bits per heavy atom. The van der Waals surface area contributed by atoms with E-state index in [1.807, 2.05) is 0 Å². The van der Waals surface area contributed by atoms with E-state index in [9.17, 15) is 18.4 Å². The van der Waals surface area contributed by atoms with Gasteiger partial charge in [-0.15, -0.1) is 0 Å². The van der Waals surface area contributed by atoms with Crippen LogP contribution in [0.25, 0.3) is 0 Å². The average molecular weight is 288 g/mol. The summed E-state index contributed by atoms with van der Waals surface area (Å²) in [6.07, 6.45) is 3.57. The van der Waals surface area contributed by atoms with Crippen LogP contribution in [0.3, 0.4) is 0 Å². The minimum Gasteiger partial charge on any atom is -0.297 e. The molecule has 2 fully saturated rings.